The van der Waals surface area contributed by atoms with Crippen molar-refractivity contribution in [3.8, 4) is 0 Å². The van der Waals surface area contributed by atoms with Crippen LogP contribution in [-0.4, -0.2) is 35.8 Å². The zero-order valence-electron chi connectivity index (χ0n) is 15.5. The summed E-state index contributed by atoms with van der Waals surface area (Å²) in [4.78, 5) is 20.4. The summed E-state index contributed by atoms with van der Waals surface area (Å²) in [6.07, 6.45) is 2.70. The molecule has 0 bridgehead atoms. The van der Waals surface area contributed by atoms with Crippen LogP contribution in [-0.2, 0) is 23.9 Å². The number of anilines is 1. The first kappa shape index (κ1) is 18.9. The van der Waals surface area contributed by atoms with Gasteiger partial charge in [0.05, 0.1) is 17.4 Å². The molecular formula is C21H22F3N3O. The Morgan fingerprint density at radius 3 is 2.64 bits per heavy atom. The van der Waals surface area contributed by atoms with Crippen LogP contribution in [0.2, 0.25) is 0 Å². The van der Waals surface area contributed by atoms with Crippen LogP contribution in [0.5, 0.6) is 0 Å². The van der Waals surface area contributed by atoms with Crippen molar-refractivity contribution in [1.82, 2.24) is 9.88 Å². The van der Waals surface area contributed by atoms with E-state index in [1.165, 1.54) is 18.9 Å². The van der Waals surface area contributed by atoms with Gasteiger partial charge in [0.15, 0.2) is 0 Å². The number of aldehydes is 1. The van der Waals surface area contributed by atoms with Crippen molar-refractivity contribution in [2.75, 3.05) is 24.5 Å². The molecule has 0 radical (unpaired) electrons. The minimum atomic E-state index is -4.43. The normalized spacial score (nSPS) is 20.2. The SMILES string of the molecule is O=CC1c2cc(C(F)(F)F)ccc2CCN1c1cnccc1CN1CCCC1. The topological polar surface area (TPSA) is 36.4 Å². The summed E-state index contributed by atoms with van der Waals surface area (Å²) in [7, 11) is 0. The molecule has 0 amide bonds. The molecule has 1 aromatic carbocycles. The fourth-order valence-corrected chi connectivity index (χ4v) is 4.23. The number of likely N-dealkylation sites (tertiary alicyclic amines) is 1. The van der Waals surface area contributed by atoms with Gasteiger partial charge in [-0.25, -0.2) is 0 Å². The van der Waals surface area contributed by atoms with Crippen LogP contribution in [0.25, 0.3) is 0 Å². The molecule has 2 aliphatic heterocycles. The van der Waals surface area contributed by atoms with E-state index in [-0.39, 0.29) is 0 Å². The molecule has 4 rings (SSSR count). The number of rotatable bonds is 4. The molecule has 0 saturated carbocycles. The van der Waals surface area contributed by atoms with Crippen LogP contribution < -0.4 is 4.90 Å². The van der Waals surface area contributed by atoms with E-state index in [1.54, 1.807) is 12.4 Å². The van der Waals surface area contributed by atoms with Gasteiger partial charge < -0.3 is 9.69 Å². The van der Waals surface area contributed by atoms with E-state index in [2.05, 4.69) is 9.88 Å². The summed E-state index contributed by atoms with van der Waals surface area (Å²) >= 11 is 0. The predicted molar refractivity (Wildman–Crippen MR) is 100 cm³/mol. The predicted octanol–water partition coefficient (Wildman–Crippen LogP) is 4.00. The van der Waals surface area contributed by atoms with E-state index in [0.29, 0.717) is 18.5 Å². The fraction of sp³-hybridized carbons (Fsp3) is 0.429. The van der Waals surface area contributed by atoms with Gasteiger partial charge in [-0.3, -0.25) is 9.88 Å². The number of fused-ring (bicyclic) bond motifs is 1. The molecule has 0 N–H and O–H groups in total. The van der Waals surface area contributed by atoms with Gasteiger partial charge in [0.25, 0.3) is 0 Å². The molecule has 1 fully saturated rings. The standard InChI is InChI=1S/C21H22F3N3O/c22-21(23,24)17-4-3-15-6-10-27(20(14-28)18(15)11-17)19-12-25-7-5-16(19)13-26-8-1-2-9-26/h3-5,7,11-12,14,20H,1-2,6,8-10,13H2. The lowest BCUT2D eigenvalue weighted by Gasteiger charge is -2.37. The molecule has 3 heterocycles. The van der Waals surface area contributed by atoms with Crippen molar-refractivity contribution in [3.05, 3.63) is 58.9 Å². The van der Waals surface area contributed by atoms with Crippen LogP contribution in [0, 0.1) is 0 Å². The summed E-state index contributed by atoms with van der Waals surface area (Å²) in [6, 6.07) is 4.92. The number of aromatic nitrogens is 1. The quantitative estimate of drug-likeness (QED) is 0.741. The lowest BCUT2D eigenvalue weighted by Crippen LogP contribution is -2.37. The van der Waals surface area contributed by atoms with E-state index < -0.39 is 17.8 Å². The van der Waals surface area contributed by atoms with Gasteiger partial charge in [-0.2, -0.15) is 13.2 Å². The molecule has 0 aliphatic carbocycles. The van der Waals surface area contributed by atoms with Crippen LogP contribution in [0.3, 0.4) is 0 Å². The summed E-state index contributed by atoms with van der Waals surface area (Å²) in [5, 5.41) is 0. The van der Waals surface area contributed by atoms with Gasteiger partial charge in [-0.15, -0.1) is 0 Å². The maximum atomic E-state index is 13.2. The van der Waals surface area contributed by atoms with E-state index in [1.807, 2.05) is 11.0 Å². The molecule has 4 nitrogen and oxygen atoms in total. The van der Waals surface area contributed by atoms with E-state index in [4.69, 9.17) is 0 Å². The number of benzene rings is 1. The molecule has 1 unspecified atom stereocenters. The third-order valence-electron chi connectivity index (χ3n) is 5.67. The van der Waals surface area contributed by atoms with Gasteiger partial charge in [-0.1, -0.05) is 6.07 Å². The van der Waals surface area contributed by atoms with E-state index in [0.717, 1.165) is 54.9 Å². The van der Waals surface area contributed by atoms with E-state index in [9.17, 15) is 18.0 Å². The van der Waals surface area contributed by atoms with Crippen molar-refractivity contribution < 1.29 is 18.0 Å². The Balaban J connectivity index is 1.69. The van der Waals surface area contributed by atoms with Gasteiger partial charge >= 0.3 is 6.18 Å². The van der Waals surface area contributed by atoms with Crippen molar-refractivity contribution in [2.24, 2.45) is 0 Å². The zero-order chi connectivity index (χ0) is 19.7. The highest BCUT2D eigenvalue weighted by Crippen LogP contribution is 2.38. The molecule has 1 aromatic heterocycles. The first-order valence-corrected chi connectivity index (χ1v) is 9.54. The van der Waals surface area contributed by atoms with Crippen LogP contribution in [0.4, 0.5) is 18.9 Å². The second kappa shape index (κ2) is 7.54. The molecular weight excluding hydrogens is 367 g/mol. The first-order chi connectivity index (χ1) is 13.5. The van der Waals surface area contributed by atoms with Crippen molar-refractivity contribution >= 4 is 12.0 Å². The fourth-order valence-electron chi connectivity index (χ4n) is 4.23. The number of alkyl halides is 3. The minimum Gasteiger partial charge on any atom is -0.356 e. The highest BCUT2D eigenvalue weighted by atomic mass is 19.4. The Labute approximate surface area is 162 Å². The first-order valence-electron chi connectivity index (χ1n) is 9.54. The lowest BCUT2D eigenvalue weighted by molar-refractivity contribution is -0.137. The highest BCUT2D eigenvalue weighted by Gasteiger charge is 2.35. The second-order valence-corrected chi connectivity index (χ2v) is 7.42. The Morgan fingerprint density at radius 1 is 1.14 bits per heavy atom. The van der Waals surface area contributed by atoms with Crippen LogP contribution in [0.1, 0.15) is 41.1 Å². The summed E-state index contributed by atoms with van der Waals surface area (Å²) in [5.41, 5.74) is 2.40. The molecule has 2 aromatic rings. The molecule has 28 heavy (non-hydrogen) atoms. The van der Waals surface area contributed by atoms with Gasteiger partial charge in [0, 0.05) is 19.3 Å². The number of carbonyl (C=O) groups excluding carboxylic acids is 1. The van der Waals surface area contributed by atoms with E-state index >= 15 is 0 Å². The zero-order valence-corrected chi connectivity index (χ0v) is 15.5. The number of carbonyl (C=O) groups is 1. The number of hydrogen-bond donors (Lipinski definition) is 0. The Bertz CT molecular complexity index is 862. The van der Waals surface area contributed by atoms with Gasteiger partial charge in [0.2, 0.25) is 0 Å². The molecule has 1 atom stereocenters. The Morgan fingerprint density at radius 2 is 1.93 bits per heavy atom. The maximum absolute atomic E-state index is 13.2. The minimum absolute atomic E-state index is 0.437. The number of nitrogens with zero attached hydrogens (tertiary/aromatic N) is 3. The average molecular weight is 389 g/mol. The summed E-state index contributed by atoms with van der Waals surface area (Å²) < 4.78 is 39.5. The average Bonchev–Trinajstić information content (AvgIpc) is 3.19. The molecule has 2 aliphatic rings. The summed E-state index contributed by atoms with van der Waals surface area (Å²) in [5.74, 6) is 0. The Kier molecular flexibility index (Phi) is 5.10. The Hall–Kier alpha value is -2.41. The number of pyridine rings is 1. The molecule has 148 valence electrons. The highest BCUT2D eigenvalue weighted by molar-refractivity contribution is 5.72. The molecule has 1 saturated heterocycles. The van der Waals surface area contributed by atoms with Crippen LogP contribution >= 0.6 is 0 Å². The smallest absolute Gasteiger partial charge is 0.356 e. The maximum Gasteiger partial charge on any atom is 0.416 e. The summed E-state index contributed by atoms with van der Waals surface area (Å²) in [6.45, 7) is 3.41. The van der Waals surface area contributed by atoms with Crippen molar-refractivity contribution in [1.29, 1.82) is 0 Å². The third kappa shape index (κ3) is 3.63. The molecule has 7 heteroatoms. The third-order valence-corrected chi connectivity index (χ3v) is 5.67. The van der Waals surface area contributed by atoms with Gasteiger partial charge in [0.1, 0.15) is 12.3 Å². The monoisotopic (exact) mass is 389 g/mol. The van der Waals surface area contributed by atoms with Crippen molar-refractivity contribution in [2.45, 2.75) is 38.0 Å². The lowest BCUT2D eigenvalue weighted by atomic mass is 9.90. The van der Waals surface area contributed by atoms with Crippen LogP contribution in [0.15, 0.2) is 36.7 Å². The molecule has 0 spiro atoms. The number of halogens is 3. The number of hydrogen-bond acceptors (Lipinski definition) is 4. The van der Waals surface area contributed by atoms with Gasteiger partial charge in [-0.05, 0) is 67.2 Å². The second-order valence-electron chi connectivity index (χ2n) is 7.42. The van der Waals surface area contributed by atoms with Crippen molar-refractivity contribution in [3.63, 3.8) is 0 Å². The largest absolute Gasteiger partial charge is 0.416 e.